The second kappa shape index (κ2) is 5.73. The van der Waals surface area contributed by atoms with E-state index in [1.165, 1.54) is 18.4 Å². The molecule has 2 heterocycles. The fourth-order valence-electron chi connectivity index (χ4n) is 6.81. The van der Waals surface area contributed by atoms with Crippen molar-refractivity contribution < 1.29 is 19.4 Å². The SMILES string of the molecule is CCCO[C@@]12CCC(=O)C3Oc4c(O)ccc5c4[C@@]31CCN(CC1CC1)[C@@H]2C5. The maximum atomic E-state index is 13.0. The Balaban J connectivity index is 1.57. The predicted molar refractivity (Wildman–Crippen MR) is 104 cm³/mol. The molecule has 3 aliphatic carbocycles. The van der Waals surface area contributed by atoms with Gasteiger partial charge in [0.25, 0.3) is 0 Å². The van der Waals surface area contributed by atoms with E-state index in [2.05, 4.69) is 17.9 Å². The standard InChI is InChI=1S/C23H29NO4/c1-2-11-27-23-8-7-17(26)21-22(23)9-10-24(13-14-3-4-14)18(23)12-15-5-6-16(25)20(28-21)19(15)22/h5-6,14,18,21,25H,2-4,7-13H2,1H3/t18-,21?,22+,23-/m1/s1. The van der Waals surface area contributed by atoms with Crippen LogP contribution in [0.1, 0.15) is 56.6 Å². The Labute approximate surface area is 166 Å². The van der Waals surface area contributed by atoms with Crippen molar-refractivity contribution in [2.45, 2.75) is 75.0 Å². The largest absolute Gasteiger partial charge is 0.504 e. The van der Waals surface area contributed by atoms with Gasteiger partial charge in [-0.05, 0) is 62.6 Å². The number of carbonyl (C=O) groups is 1. The summed E-state index contributed by atoms with van der Waals surface area (Å²) in [6.07, 6.45) is 6.22. The van der Waals surface area contributed by atoms with Crippen LogP contribution in [0.4, 0.5) is 0 Å². The summed E-state index contributed by atoms with van der Waals surface area (Å²) in [4.78, 5) is 15.7. The van der Waals surface area contributed by atoms with Crippen molar-refractivity contribution in [1.29, 1.82) is 0 Å². The number of phenolic OH excluding ortho intramolecular Hbond substituents is 1. The van der Waals surface area contributed by atoms with Gasteiger partial charge in [-0.3, -0.25) is 9.69 Å². The number of phenols is 1. The maximum Gasteiger partial charge on any atom is 0.174 e. The molecule has 5 heteroatoms. The summed E-state index contributed by atoms with van der Waals surface area (Å²) in [6, 6.07) is 4.08. The number of Topliss-reactive ketones (excluding diaryl/α,β-unsaturated/α-hetero) is 1. The third kappa shape index (κ3) is 1.97. The average molecular weight is 383 g/mol. The second-order valence-corrected chi connectivity index (χ2v) is 9.53. The summed E-state index contributed by atoms with van der Waals surface area (Å²) >= 11 is 0. The fourth-order valence-corrected chi connectivity index (χ4v) is 6.81. The predicted octanol–water partition coefficient (Wildman–Crippen LogP) is 2.96. The molecule has 1 aromatic carbocycles. The lowest BCUT2D eigenvalue weighted by atomic mass is 9.48. The van der Waals surface area contributed by atoms with Gasteiger partial charge in [0.05, 0.1) is 11.0 Å². The molecule has 3 fully saturated rings. The molecule has 28 heavy (non-hydrogen) atoms. The Morgan fingerprint density at radius 3 is 2.96 bits per heavy atom. The van der Waals surface area contributed by atoms with Gasteiger partial charge in [0.1, 0.15) is 0 Å². The van der Waals surface area contributed by atoms with Gasteiger partial charge in [0.2, 0.25) is 0 Å². The Kier molecular flexibility index (Phi) is 3.54. The van der Waals surface area contributed by atoms with E-state index in [1.54, 1.807) is 6.07 Å². The van der Waals surface area contributed by atoms with Crippen LogP contribution in [-0.4, -0.2) is 53.2 Å². The smallest absolute Gasteiger partial charge is 0.174 e. The number of hydrogen-bond donors (Lipinski definition) is 1. The van der Waals surface area contributed by atoms with Gasteiger partial charge in [-0.25, -0.2) is 0 Å². The molecule has 0 radical (unpaired) electrons. The first-order valence-corrected chi connectivity index (χ1v) is 11.0. The molecule has 1 aromatic rings. The number of carbonyl (C=O) groups excluding carboxylic acids is 1. The lowest BCUT2D eigenvalue weighted by molar-refractivity contribution is -0.213. The molecule has 150 valence electrons. The molecular formula is C23H29NO4. The minimum Gasteiger partial charge on any atom is -0.504 e. The minimum absolute atomic E-state index is 0.165. The quantitative estimate of drug-likeness (QED) is 0.847. The zero-order chi connectivity index (χ0) is 19.1. The van der Waals surface area contributed by atoms with Crippen LogP contribution in [-0.2, 0) is 21.4 Å². The van der Waals surface area contributed by atoms with Crippen LogP contribution in [0.3, 0.4) is 0 Å². The van der Waals surface area contributed by atoms with Crippen molar-refractivity contribution in [3.05, 3.63) is 23.3 Å². The average Bonchev–Trinajstić information content (AvgIpc) is 3.43. The van der Waals surface area contributed by atoms with Crippen molar-refractivity contribution in [3.63, 3.8) is 0 Å². The van der Waals surface area contributed by atoms with Crippen molar-refractivity contribution in [1.82, 2.24) is 4.90 Å². The normalized spacial score (nSPS) is 38.2. The van der Waals surface area contributed by atoms with Crippen LogP contribution in [0, 0.1) is 5.92 Å². The Morgan fingerprint density at radius 1 is 1.32 bits per heavy atom. The van der Waals surface area contributed by atoms with Gasteiger partial charge in [-0.15, -0.1) is 0 Å². The molecule has 2 aliphatic heterocycles. The van der Waals surface area contributed by atoms with Crippen molar-refractivity contribution in [2.24, 2.45) is 5.92 Å². The number of ketones is 1. The first-order chi connectivity index (χ1) is 13.6. The molecule has 2 saturated carbocycles. The molecule has 4 atom stereocenters. The number of benzene rings is 1. The van der Waals surface area contributed by atoms with E-state index < -0.39 is 11.5 Å². The first kappa shape index (κ1) is 17.3. The fraction of sp³-hybridized carbons (Fsp3) is 0.696. The zero-order valence-electron chi connectivity index (χ0n) is 16.6. The highest BCUT2D eigenvalue weighted by Gasteiger charge is 2.74. The highest BCUT2D eigenvalue weighted by molar-refractivity contribution is 5.90. The lowest BCUT2D eigenvalue weighted by Gasteiger charge is -2.64. The van der Waals surface area contributed by atoms with Gasteiger partial charge in [-0.1, -0.05) is 13.0 Å². The van der Waals surface area contributed by atoms with Gasteiger partial charge in [-0.2, -0.15) is 0 Å². The minimum atomic E-state index is -0.508. The number of hydrogen-bond acceptors (Lipinski definition) is 5. The molecule has 0 amide bonds. The number of piperidine rings is 1. The van der Waals surface area contributed by atoms with E-state index in [1.807, 2.05) is 0 Å². The summed E-state index contributed by atoms with van der Waals surface area (Å²) in [5.74, 6) is 1.72. The van der Waals surface area contributed by atoms with Crippen LogP contribution >= 0.6 is 0 Å². The van der Waals surface area contributed by atoms with Crippen LogP contribution < -0.4 is 4.74 Å². The van der Waals surface area contributed by atoms with Crippen molar-refractivity contribution >= 4 is 5.78 Å². The van der Waals surface area contributed by atoms with Gasteiger partial charge >= 0.3 is 0 Å². The Hall–Kier alpha value is -1.59. The molecule has 1 unspecified atom stereocenters. The highest BCUT2D eigenvalue weighted by atomic mass is 16.5. The van der Waals surface area contributed by atoms with Crippen LogP contribution in [0.15, 0.2) is 12.1 Å². The number of rotatable bonds is 5. The van der Waals surface area contributed by atoms with Crippen LogP contribution in [0.25, 0.3) is 0 Å². The van der Waals surface area contributed by atoms with E-state index in [4.69, 9.17) is 9.47 Å². The van der Waals surface area contributed by atoms with Gasteiger partial charge in [0.15, 0.2) is 23.4 Å². The number of nitrogens with zero attached hydrogens (tertiary/aromatic N) is 1. The molecule has 5 aliphatic rings. The van der Waals surface area contributed by atoms with E-state index in [-0.39, 0.29) is 23.2 Å². The summed E-state index contributed by atoms with van der Waals surface area (Å²) < 4.78 is 13.1. The summed E-state index contributed by atoms with van der Waals surface area (Å²) in [5, 5.41) is 10.5. The molecule has 0 aromatic heterocycles. The Bertz CT molecular complexity index is 849. The summed E-state index contributed by atoms with van der Waals surface area (Å²) in [6.45, 7) is 4.99. The number of likely N-dealkylation sites (tertiary alicyclic amines) is 1. The summed E-state index contributed by atoms with van der Waals surface area (Å²) in [7, 11) is 0. The monoisotopic (exact) mass is 383 g/mol. The van der Waals surface area contributed by atoms with Gasteiger partial charge in [0, 0.05) is 31.2 Å². The zero-order valence-corrected chi connectivity index (χ0v) is 16.6. The highest BCUT2D eigenvalue weighted by Crippen LogP contribution is 2.66. The van der Waals surface area contributed by atoms with Crippen molar-refractivity contribution in [2.75, 3.05) is 19.7 Å². The molecule has 1 saturated heterocycles. The van der Waals surface area contributed by atoms with Crippen LogP contribution in [0.5, 0.6) is 11.5 Å². The van der Waals surface area contributed by atoms with E-state index in [9.17, 15) is 9.90 Å². The molecular weight excluding hydrogens is 354 g/mol. The topological polar surface area (TPSA) is 59.0 Å². The first-order valence-electron chi connectivity index (χ1n) is 11.0. The number of aromatic hydroxyl groups is 1. The molecule has 6 rings (SSSR count). The molecule has 1 N–H and O–H groups in total. The van der Waals surface area contributed by atoms with Crippen molar-refractivity contribution in [3.8, 4) is 11.5 Å². The second-order valence-electron chi connectivity index (χ2n) is 9.53. The summed E-state index contributed by atoms with van der Waals surface area (Å²) in [5.41, 5.74) is 1.50. The molecule has 2 bridgehead atoms. The third-order valence-electron chi connectivity index (χ3n) is 8.08. The molecule has 5 nitrogen and oxygen atoms in total. The van der Waals surface area contributed by atoms with E-state index in [0.717, 1.165) is 50.3 Å². The third-order valence-corrected chi connectivity index (χ3v) is 8.08. The lowest BCUT2D eigenvalue weighted by Crippen LogP contribution is -2.77. The Morgan fingerprint density at radius 2 is 2.18 bits per heavy atom. The maximum absolute atomic E-state index is 13.0. The number of ether oxygens (including phenoxy) is 2. The van der Waals surface area contributed by atoms with Crippen LogP contribution in [0.2, 0.25) is 0 Å². The van der Waals surface area contributed by atoms with E-state index >= 15 is 0 Å². The molecule has 1 spiro atoms. The van der Waals surface area contributed by atoms with Gasteiger partial charge < -0.3 is 14.6 Å². The van der Waals surface area contributed by atoms with E-state index in [0.29, 0.717) is 18.8 Å².